The van der Waals surface area contributed by atoms with Crippen molar-refractivity contribution in [3.8, 4) is 0 Å². The zero-order chi connectivity index (χ0) is 16.7. The highest BCUT2D eigenvalue weighted by Crippen LogP contribution is 2.34. The third kappa shape index (κ3) is 2.94. The number of piperidine rings is 1. The minimum absolute atomic E-state index is 0.0647. The van der Waals surface area contributed by atoms with Gasteiger partial charge in [-0.25, -0.2) is 9.97 Å². The third-order valence-electron chi connectivity index (χ3n) is 4.52. The number of aryl methyl sites for hydroxylation is 2. The fourth-order valence-electron chi connectivity index (χ4n) is 3.36. The van der Waals surface area contributed by atoms with E-state index in [-0.39, 0.29) is 11.5 Å². The Labute approximate surface area is 144 Å². The standard InChI is InChI=1S/C18H20N4OS/c1-11-5-6-14-16(8-11)24-18(21-14)22-7-3-4-13(10-22)15-9-17(23)20-12(2)19-15/h5-6,8-9,13H,3-4,7,10H2,1-2H3,(H,19,20,23)/t13-/m0/s1. The van der Waals surface area contributed by atoms with Gasteiger partial charge in [0.15, 0.2) is 5.13 Å². The maximum Gasteiger partial charge on any atom is 0.251 e. The average Bonchev–Trinajstić information content (AvgIpc) is 2.97. The maximum absolute atomic E-state index is 11.7. The van der Waals surface area contributed by atoms with Gasteiger partial charge in [0, 0.05) is 25.1 Å². The molecule has 5 nitrogen and oxygen atoms in total. The normalized spacial score (nSPS) is 18.2. The molecule has 0 amide bonds. The van der Waals surface area contributed by atoms with Gasteiger partial charge in [0.05, 0.1) is 15.9 Å². The highest BCUT2D eigenvalue weighted by atomic mass is 32.1. The molecule has 1 N–H and O–H groups in total. The molecule has 1 aromatic carbocycles. The third-order valence-corrected chi connectivity index (χ3v) is 5.60. The first-order valence-corrected chi connectivity index (χ1v) is 9.10. The lowest BCUT2D eigenvalue weighted by atomic mass is 9.95. The first kappa shape index (κ1) is 15.3. The van der Waals surface area contributed by atoms with E-state index in [1.807, 2.05) is 6.92 Å². The van der Waals surface area contributed by atoms with Crippen LogP contribution in [0.1, 0.15) is 35.8 Å². The van der Waals surface area contributed by atoms with Crippen molar-refractivity contribution in [2.24, 2.45) is 0 Å². The van der Waals surface area contributed by atoms with Crippen LogP contribution in [0.2, 0.25) is 0 Å². The molecule has 0 saturated carbocycles. The van der Waals surface area contributed by atoms with E-state index < -0.39 is 0 Å². The highest BCUT2D eigenvalue weighted by Gasteiger charge is 2.25. The second-order valence-corrected chi connectivity index (χ2v) is 7.52. The molecule has 0 radical (unpaired) electrons. The van der Waals surface area contributed by atoms with Crippen LogP contribution >= 0.6 is 11.3 Å². The lowest BCUT2D eigenvalue weighted by molar-refractivity contribution is 0.499. The molecule has 2 aromatic heterocycles. The van der Waals surface area contributed by atoms with Gasteiger partial charge in [-0.15, -0.1) is 0 Å². The molecule has 3 heterocycles. The molecule has 1 atom stereocenters. The number of fused-ring (bicyclic) bond motifs is 1. The van der Waals surface area contributed by atoms with E-state index in [0.29, 0.717) is 5.82 Å². The predicted molar refractivity (Wildman–Crippen MR) is 98.1 cm³/mol. The second-order valence-electron chi connectivity index (χ2n) is 6.51. The summed E-state index contributed by atoms with van der Waals surface area (Å²) >= 11 is 1.75. The van der Waals surface area contributed by atoms with E-state index in [9.17, 15) is 4.79 Å². The molecule has 1 fully saturated rings. The Bertz CT molecular complexity index is 946. The Morgan fingerprint density at radius 1 is 1.25 bits per heavy atom. The molecule has 1 aliphatic heterocycles. The second kappa shape index (κ2) is 6.02. The summed E-state index contributed by atoms with van der Waals surface area (Å²) in [5.41, 5.74) is 3.16. The Kier molecular flexibility index (Phi) is 3.84. The number of hydrogen-bond acceptors (Lipinski definition) is 5. The zero-order valence-corrected chi connectivity index (χ0v) is 14.7. The van der Waals surface area contributed by atoms with Gasteiger partial charge in [-0.1, -0.05) is 17.4 Å². The molecule has 24 heavy (non-hydrogen) atoms. The van der Waals surface area contributed by atoms with E-state index in [4.69, 9.17) is 4.98 Å². The molecule has 124 valence electrons. The molecule has 0 bridgehead atoms. The summed E-state index contributed by atoms with van der Waals surface area (Å²) in [7, 11) is 0. The summed E-state index contributed by atoms with van der Waals surface area (Å²) in [4.78, 5) is 26.1. The number of nitrogens with zero attached hydrogens (tertiary/aromatic N) is 3. The number of aromatic nitrogens is 3. The van der Waals surface area contributed by atoms with Crippen LogP contribution in [0.5, 0.6) is 0 Å². The number of aromatic amines is 1. The Balaban J connectivity index is 1.62. The lowest BCUT2D eigenvalue weighted by Gasteiger charge is -2.32. The van der Waals surface area contributed by atoms with Crippen LogP contribution in [0.3, 0.4) is 0 Å². The van der Waals surface area contributed by atoms with Gasteiger partial charge in [0.2, 0.25) is 0 Å². The van der Waals surface area contributed by atoms with E-state index in [1.54, 1.807) is 17.4 Å². The van der Waals surface area contributed by atoms with Crippen molar-refractivity contribution in [1.29, 1.82) is 0 Å². The van der Waals surface area contributed by atoms with Crippen LogP contribution in [-0.2, 0) is 0 Å². The van der Waals surface area contributed by atoms with Crippen molar-refractivity contribution in [1.82, 2.24) is 15.0 Å². The van der Waals surface area contributed by atoms with Gasteiger partial charge in [-0.05, 0) is 44.4 Å². The molecule has 0 unspecified atom stereocenters. The molecule has 0 spiro atoms. The van der Waals surface area contributed by atoms with Crippen LogP contribution in [0, 0.1) is 13.8 Å². The van der Waals surface area contributed by atoms with E-state index in [1.165, 1.54) is 10.3 Å². The first-order valence-electron chi connectivity index (χ1n) is 8.28. The summed E-state index contributed by atoms with van der Waals surface area (Å²) in [6.07, 6.45) is 2.16. The van der Waals surface area contributed by atoms with Crippen LogP contribution in [-0.4, -0.2) is 28.0 Å². The SMILES string of the molecule is Cc1ccc2nc(N3CCC[C@H](c4cc(=O)[nH]c(C)n4)C3)sc2c1. The van der Waals surface area contributed by atoms with Gasteiger partial charge in [0.25, 0.3) is 5.56 Å². The Morgan fingerprint density at radius 2 is 2.12 bits per heavy atom. The molecule has 1 saturated heterocycles. The van der Waals surface area contributed by atoms with Gasteiger partial charge >= 0.3 is 0 Å². The van der Waals surface area contributed by atoms with Crippen molar-refractivity contribution >= 4 is 26.7 Å². The van der Waals surface area contributed by atoms with E-state index in [2.05, 4.69) is 40.0 Å². The maximum atomic E-state index is 11.7. The van der Waals surface area contributed by atoms with Crippen LogP contribution in [0.25, 0.3) is 10.2 Å². The number of hydrogen-bond donors (Lipinski definition) is 1. The number of nitrogens with one attached hydrogen (secondary N) is 1. The molecule has 3 aromatic rings. The fraction of sp³-hybridized carbons (Fsp3) is 0.389. The topological polar surface area (TPSA) is 61.9 Å². The number of rotatable bonds is 2. The average molecular weight is 340 g/mol. The monoisotopic (exact) mass is 340 g/mol. The van der Waals surface area contributed by atoms with Crippen molar-refractivity contribution < 1.29 is 0 Å². The largest absolute Gasteiger partial charge is 0.347 e. The molecule has 1 aliphatic rings. The first-order chi connectivity index (χ1) is 11.6. The number of anilines is 1. The summed E-state index contributed by atoms with van der Waals surface area (Å²) in [6.45, 7) is 5.82. The van der Waals surface area contributed by atoms with Gasteiger partial charge < -0.3 is 9.88 Å². The summed E-state index contributed by atoms with van der Waals surface area (Å²) < 4.78 is 1.23. The Hall–Kier alpha value is -2.21. The molecule has 4 rings (SSSR count). The number of benzene rings is 1. The number of thiazole rings is 1. The minimum atomic E-state index is -0.0647. The fourth-order valence-corrected chi connectivity index (χ4v) is 4.46. The van der Waals surface area contributed by atoms with Gasteiger partial charge in [-0.2, -0.15) is 0 Å². The van der Waals surface area contributed by atoms with E-state index >= 15 is 0 Å². The van der Waals surface area contributed by atoms with Gasteiger partial charge in [-0.3, -0.25) is 4.79 Å². The smallest absolute Gasteiger partial charge is 0.251 e. The minimum Gasteiger partial charge on any atom is -0.347 e. The van der Waals surface area contributed by atoms with E-state index in [0.717, 1.165) is 42.3 Å². The Morgan fingerprint density at radius 3 is 2.96 bits per heavy atom. The van der Waals surface area contributed by atoms with Crippen molar-refractivity contribution in [3.63, 3.8) is 0 Å². The quantitative estimate of drug-likeness (QED) is 0.777. The van der Waals surface area contributed by atoms with Crippen molar-refractivity contribution in [3.05, 3.63) is 51.7 Å². The zero-order valence-electron chi connectivity index (χ0n) is 13.9. The summed E-state index contributed by atoms with van der Waals surface area (Å²) in [5.74, 6) is 0.971. The highest BCUT2D eigenvalue weighted by molar-refractivity contribution is 7.22. The van der Waals surface area contributed by atoms with Crippen molar-refractivity contribution in [2.75, 3.05) is 18.0 Å². The summed E-state index contributed by atoms with van der Waals surface area (Å²) in [6, 6.07) is 8.03. The van der Waals surface area contributed by atoms with Crippen LogP contribution < -0.4 is 10.5 Å². The number of H-pyrrole nitrogens is 1. The van der Waals surface area contributed by atoms with Gasteiger partial charge in [0.1, 0.15) is 5.82 Å². The molecule has 6 heteroatoms. The molecular weight excluding hydrogens is 320 g/mol. The predicted octanol–water partition coefficient (Wildman–Crippen LogP) is 3.38. The van der Waals surface area contributed by atoms with Crippen LogP contribution in [0.15, 0.2) is 29.1 Å². The van der Waals surface area contributed by atoms with Crippen LogP contribution in [0.4, 0.5) is 5.13 Å². The lowest BCUT2D eigenvalue weighted by Crippen LogP contribution is -2.35. The molecule has 0 aliphatic carbocycles. The molecular formula is C18H20N4OS. The van der Waals surface area contributed by atoms with Crippen molar-refractivity contribution in [2.45, 2.75) is 32.6 Å². The summed E-state index contributed by atoms with van der Waals surface area (Å²) in [5, 5.41) is 1.07.